The average molecular weight is 190 g/mol. The Morgan fingerprint density at radius 1 is 1.40 bits per heavy atom. The van der Waals surface area contributed by atoms with Gasteiger partial charge in [0.1, 0.15) is 0 Å². The van der Waals surface area contributed by atoms with Gasteiger partial charge < -0.3 is 5.11 Å². The largest absolute Gasteiger partial charge is 0.394 e. The molecular formula is C2H6O6S2. The first-order valence-electron chi connectivity index (χ1n) is 2.15. The van der Waals surface area contributed by atoms with E-state index in [4.69, 9.17) is 5.11 Å². The normalized spacial score (nSPS) is 12.2. The SMILES string of the molecule is O=[SH](=O)S(=O)(=O)OCCO. The molecular weight excluding hydrogens is 184 g/mol. The van der Waals surface area contributed by atoms with Crippen LogP contribution in [-0.2, 0) is 23.1 Å². The van der Waals surface area contributed by atoms with E-state index in [2.05, 4.69) is 4.18 Å². The molecule has 0 aromatic rings. The fourth-order valence-corrected chi connectivity index (χ4v) is 1.04. The molecule has 0 spiro atoms. The van der Waals surface area contributed by atoms with Crippen LogP contribution in [0.2, 0.25) is 0 Å². The molecule has 0 aromatic heterocycles. The smallest absolute Gasteiger partial charge is 0.372 e. The van der Waals surface area contributed by atoms with E-state index < -0.39 is 32.1 Å². The van der Waals surface area contributed by atoms with Gasteiger partial charge in [-0.25, -0.2) is 8.42 Å². The van der Waals surface area contributed by atoms with Gasteiger partial charge in [0.05, 0.1) is 13.2 Å². The topological polar surface area (TPSA) is 97.7 Å². The maximum atomic E-state index is 10.2. The molecule has 0 rings (SSSR count). The summed E-state index contributed by atoms with van der Waals surface area (Å²) in [4.78, 5) is 0. The Bertz CT molecular complexity index is 239. The van der Waals surface area contributed by atoms with Crippen LogP contribution in [0.3, 0.4) is 0 Å². The van der Waals surface area contributed by atoms with Crippen molar-refractivity contribution in [2.45, 2.75) is 0 Å². The Morgan fingerprint density at radius 2 is 1.90 bits per heavy atom. The molecule has 0 heterocycles. The van der Waals surface area contributed by atoms with Crippen molar-refractivity contribution in [2.75, 3.05) is 13.2 Å². The van der Waals surface area contributed by atoms with Crippen molar-refractivity contribution in [3.63, 3.8) is 0 Å². The summed E-state index contributed by atoms with van der Waals surface area (Å²) < 4.78 is 43.6. The summed E-state index contributed by atoms with van der Waals surface area (Å²) in [5.74, 6) is 0. The zero-order valence-electron chi connectivity index (χ0n) is 4.76. The van der Waals surface area contributed by atoms with Gasteiger partial charge in [-0.15, -0.1) is 0 Å². The van der Waals surface area contributed by atoms with Crippen molar-refractivity contribution in [3.05, 3.63) is 0 Å². The van der Waals surface area contributed by atoms with E-state index in [1.54, 1.807) is 0 Å². The second kappa shape index (κ2) is 3.86. The number of thiol groups is 1. The van der Waals surface area contributed by atoms with Crippen LogP contribution in [0.4, 0.5) is 0 Å². The number of aliphatic hydroxyl groups is 1. The fourth-order valence-electron chi connectivity index (χ4n) is 0.186. The van der Waals surface area contributed by atoms with E-state index in [0.717, 1.165) is 0 Å². The molecule has 8 heteroatoms. The van der Waals surface area contributed by atoms with Crippen molar-refractivity contribution in [2.24, 2.45) is 0 Å². The van der Waals surface area contributed by atoms with Crippen LogP contribution in [0.5, 0.6) is 0 Å². The van der Waals surface area contributed by atoms with Crippen LogP contribution >= 0.6 is 0 Å². The molecule has 0 aromatic carbocycles. The highest BCUT2D eigenvalue weighted by molar-refractivity contribution is 8.56. The molecule has 0 atom stereocenters. The molecule has 0 amide bonds. The Hall–Kier alpha value is -0.180. The van der Waals surface area contributed by atoms with E-state index in [0.29, 0.717) is 0 Å². The monoisotopic (exact) mass is 190 g/mol. The lowest BCUT2D eigenvalue weighted by molar-refractivity contribution is 0.208. The molecule has 62 valence electrons. The minimum atomic E-state index is -4.47. The quantitative estimate of drug-likeness (QED) is 0.387. The molecule has 10 heavy (non-hydrogen) atoms. The van der Waals surface area contributed by atoms with Gasteiger partial charge in [-0.1, -0.05) is 0 Å². The number of hydrogen-bond acceptors (Lipinski definition) is 6. The molecule has 0 fully saturated rings. The van der Waals surface area contributed by atoms with Gasteiger partial charge in [-0.05, 0) is 0 Å². The van der Waals surface area contributed by atoms with Crippen molar-refractivity contribution < 1.29 is 26.1 Å². The zero-order valence-corrected chi connectivity index (χ0v) is 6.47. The van der Waals surface area contributed by atoms with Crippen LogP contribution in [0.25, 0.3) is 0 Å². The van der Waals surface area contributed by atoms with Crippen LogP contribution in [-0.4, -0.2) is 35.2 Å². The summed E-state index contributed by atoms with van der Waals surface area (Å²) in [5.41, 5.74) is 0. The highest BCUT2D eigenvalue weighted by Crippen LogP contribution is 1.90. The maximum absolute atomic E-state index is 10.2. The van der Waals surface area contributed by atoms with Crippen molar-refractivity contribution in [1.82, 2.24) is 0 Å². The molecule has 0 aliphatic heterocycles. The van der Waals surface area contributed by atoms with Gasteiger partial charge in [0.15, 0.2) is 0 Å². The Morgan fingerprint density at radius 3 is 2.20 bits per heavy atom. The first kappa shape index (κ1) is 9.82. The summed E-state index contributed by atoms with van der Waals surface area (Å²) in [6, 6.07) is 0. The molecule has 6 nitrogen and oxygen atoms in total. The van der Waals surface area contributed by atoms with Crippen molar-refractivity contribution >= 4 is 18.9 Å². The average Bonchev–Trinajstić information content (AvgIpc) is 1.84. The molecule has 0 radical (unpaired) electrons. The van der Waals surface area contributed by atoms with Crippen LogP contribution in [0.1, 0.15) is 0 Å². The minimum Gasteiger partial charge on any atom is -0.394 e. The van der Waals surface area contributed by atoms with Gasteiger partial charge >= 0.3 is 9.15 Å². The van der Waals surface area contributed by atoms with Crippen LogP contribution < -0.4 is 0 Å². The summed E-state index contributed by atoms with van der Waals surface area (Å²) in [6.07, 6.45) is 0. The molecule has 0 saturated carbocycles. The first-order chi connectivity index (χ1) is 4.50. The molecule has 0 saturated heterocycles. The highest BCUT2D eigenvalue weighted by Gasteiger charge is 2.12. The van der Waals surface area contributed by atoms with E-state index in [1.165, 1.54) is 0 Å². The van der Waals surface area contributed by atoms with E-state index in [-0.39, 0.29) is 0 Å². The molecule has 0 unspecified atom stereocenters. The number of rotatable bonds is 4. The highest BCUT2D eigenvalue weighted by atomic mass is 33.2. The predicted octanol–water partition coefficient (Wildman–Crippen LogP) is -2.15. The lowest BCUT2D eigenvalue weighted by atomic mass is 10.8. The lowest BCUT2D eigenvalue weighted by Gasteiger charge is -1.93. The number of hydrogen-bond donors (Lipinski definition) is 2. The fraction of sp³-hybridized carbons (Fsp3) is 1.00. The lowest BCUT2D eigenvalue weighted by Crippen LogP contribution is -2.09. The van der Waals surface area contributed by atoms with Crippen LogP contribution in [0, 0.1) is 0 Å². The minimum absolute atomic E-state index is 0.536. The predicted molar refractivity (Wildman–Crippen MR) is 32.3 cm³/mol. The third-order valence-electron chi connectivity index (χ3n) is 0.506. The van der Waals surface area contributed by atoms with Gasteiger partial charge in [0.2, 0.25) is 0 Å². The second-order valence-corrected chi connectivity index (χ2v) is 4.97. The second-order valence-electron chi connectivity index (χ2n) is 1.20. The van der Waals surface area contributed by atoms with Crippen molar-refractivity contribution in [3.8, 4) is 0 Å². The van der Waals surface area contributed by atoms with Gasteiger partial charge in [0, 0.05) is 0 Å². The van der Waals surface area contributed by atoms with Gasteiger partial charge in [-0.2, -0.15) is 8.42 Å². The van der Waals surface area contributed by atoms with Gasteiger partial charge in [0.25, 0.3) is 9.74 Å². The Labute approximate surface area is 58.9 Å². The third-order valence-corrected chi connectivity index (χ3v) is 2.75. The standard InChI is InChI=1S/C2H6O6S2/c3-1-2-8-10(6,7)9(4)5/h3,9H,1-2H2. The summed E-state index contributed by atoms with van der Waals surface area (Å²) in [7, 11) is -8.08. The number of aliphatic hydroxyl groups excluding tert-OH is 1. The molecule has 0 aliphatic rings. The Balaban J connectivity index is 4.17. The third kappa shape index (κ3) is 3.11. The van der Waals surface area contributed by atoms with E-state index in [1.807, 2.05) is 0 Å². The van der Waals surface area contributed by atoms with E-state index in [9.17, 15) is 16.8 Å². The summed E-state index contributed by atoms with van der Waals surface area (Å²) >= 11 is 0. The first-order valence-corrected chi connectivity index (χ1v) is 5.34. The van der Waals surface area contributed by atoms with Crippen molar-refractivity contribution in [1.29, 1.82) is 0 Å². The summed E-state index contributed by atoms with van der Waals surface area (Å²) in [6.45, 7) is -1.08. The molecule has 1 N–H and O–H groups in total. The Kier molecular flexibility index (Phi) is 3.79. The van der Waals surface area contributed by atoms with E-state index >= 15 is 0 Å². The van der Waals surface area contributed by atoms with Gasteiger partial charge in [-0.3, -0.25) is 4.18 Å². The maximum Gasteiger partial charge on any atom is 0.372 e. The summed E-state index contributed by atoms with van der Waals surface area (Å²) in [5, 5.41) is 8.03. The molecule has 0 aliphatic carbocycles. The molecule has 0 bridgehead atoms. The zero-order chi connectivity index (χ0) is 8.20. The van der Waals surface area contributed by atoms with Crippen LogP contribution in [0.15, 0.2) is 0 Å².